The van der Waals surface area contributed by atoms with Crippen LogP contribution in [0, 0.1) is 0 Å². The van der Waals surface area contributed by atoms with Crippen LogP contribution in [0.3, 0.4) is 0 Å². The lowest BCUT2D eigenvalue weighted by Crippen LogP contribution is -2.25. The van der Waals surface area contributed by atoms with Gasteiger partial charge in [-0.1, -0.05) is 48.3 Å². The van der Waals surface area contributed by atoms with Crippen LogP contribution < -0.4 is 0 Å². The highest BCUT2D eigenvalue weighted by Crippen LogP contribution is 2.37. The molecule has 1 saturated carbocycles. The van der Waals surface area contributed by atoms with Gasteiger partial charge in [0.05, 0.1) is 0 Å². The molecule has 2 atom stereocenters. The molecule has 104 valence electrons. The normalized spacial score (nSPS) is 23.3. The van der Waals surface area contributed by atoms with Crippen LogP contribution in [-0.4, -0.2) is 15.6 Å². The Morgan fingerprint density at radius 1 is 1.21 bits per heavy atom. The van der Waals surface area contributed by atoms with Gasteiger partial charge in [-0.15, -0.1) is 0 Å². The molecule has 2 unspecified atom stereocenters. The van der Waals surface area contributed by atoms with E-state index in [1.165, 1.54) is 31.2 Å². The number of hydrogen-bond acceptors (Lipinski definition) is 3. The fourth-order valence-corrected chi connectivity index (χ4v) is 5.20. The number of carbonyl (C=O) groups is 1. The van der Waals surface area contributed by atoms with Gasteiger partial charge >= 0.3 is 0 Å². The van der Waals surface area contributed by atoms with Crippen molar-refractivity contribution in [2.45, 2.75) is 48.9 Å². The van der Waals surface area contributed by atoms with Gasteiger partial charge in [-0.3, -0.25) is 4.79 Å². The molecular weight excluding hydrogens is 296 g/mol. The summed E-state index contributed by atoms with van der Waals surface area (Å²) in [6, 6.07) is 8.07. The van der Waals surface area contributed by atoms with Gasteiger partial charge in [0.25, 0.3) is 0 Å². The highest BCUT2D eigenvalue weighted by Gasteiger charge is 2.27. The first-order valence-electron chi connectivity index (χ1n) is 6.68. The standard InChI is InChI=1S/C15H19ClOS2/c1-11(17)19-15-5-3-2-4-14(15)18-10-12-6-8-13(16)9-7-12/h6-9,14-15H,2-5,10H2,1H3. The molecule has 0 spiro atoms. The van der Waals surface area contributed by atoms with Crippen molar-refractivity contribution in [1.82, 2.24) is 0 Å². The third-order valence-corrected chi connectivity index (χ3v) is 6.45. The van der Waals surface area contributed by atoms with Crippen LogP contribution in [0.25, 0.3) is 0 Å². The quantitative estimate of drug-likeness (QED) is 0.763. The Bertz CT molecular complexity index is 419. The van der Waals surface area contributed by atoms with Crippen LogP contribution in [0.15, 0.2) is 24.3 Å². The largest absolute Gasteiger partial charge is 0.288 e. The third kappa shape index (κ3) is 5.05. The maximum Gasteiger partial charge on any atom is 0.186 e. The van der Waals surface area contributed by atoms with Crippen molar-refractivity contribution in [3.8, 4) is 0 Å². The Kier molecular flexibility index (Phi) is 6.11. The predicted molar refractivity (Wildman–Crippen MR) is 87.1 cm³/mol. The lowest BCUT2D eigenvalue weighted by molar-refractivity contribution is -0.109. The van der Waals surface area contributed by atoms with Crippen LogP contribution in [0.2, 0.25) is 5.02 Å². The molecule has 1 fully saturated rings. The van der Waals surface area contributed by atoms with E-state index in [2.05, 4.69) is 12.1 Å². The summed E-state index contributed by atoms with van der Waals surface area (Å²) in [7, 11) is 0. The summed E-state index contributed by atoms with van der Waals surface area (Å²) < 4.78 is 0. The number of carbonyl (C=O) groups excluding carboxylic acids is 1. The monoisotopic (exact) mass is 314 g/mol. The zero-order chi connectivity index (χ0) is 13.7. The highest BCUT2D eigenvalue weighted by atomic mass is 35.5. The molecule has 1 aromatic rings. The lowest BCUT2D eigenvalue weighted by Gasteiger charge is -2.29. The molecule has 0 aromatic heterocycles. The van der Waals surface area contributed by atoms with Crippen molar-refractivity contribution < 1.29 is 4.79 Å². The summed E-state index contributed by atoms with van der Waals surface area (Å²) >= 11 is 9.42. The first-order valence-corrected chi connectivity index (χ1v) is 8.99. The second-order valence-electron chi connectivity index (χ2n) is 4.91. The molecule has 1 nitrogen and oxygen atoms in total. The molecular formula is C15H19ClOS2. The highest BCUT2D eigenvalue weighted by molar-refractivity contribution is 8.14. The minimum atomic E-state index is 0.254. The van der Waals surface area contributed by atoms with E-state index in [0.717, 1.165) is 10.8 Å². The Morgan fingerprint density at radius 2 is 1.84 bits per heavy atom. The number of halogens is 1. The molecule has 0 amide bonds. The summed E-state index contributed by atoms with van der Waals surface area (Å²) in [6.07, 6.45) is 4.99. The van der Waals surface area contributed by atoms with Crippen LogP contribution in [-0.2, 0) is 10.5 Å². The molecule has 1 aliphatic rings. The van der Waals surface area contributed by atoms with E-state index in [-0.39, 0.29) is 5.12 Å². The van der Waals surface area contributed by atoms with Crippen molar-refractivity contribution in [3.63, 3.8) is 0 Å². The van der Waals surface area contributed by atoms with Gasteiger partial charge in [0.2, 0.25) is 0 Å². The summed E-state index contributed by atoms with van der Waals surface area (Å²) in [5, 5.41) is 2.15. The molecule has 0 saturated heterocycles. The SMILES string of the molecule is CC(=O)SC1CCCCC1SCc1ccc(Cl)cc1. The number of hydrogen-bond donors (Lipinski definition) is 0. The first kappa shape index (κ1) is 15.3. The van der Waals surface area contributed by atoms with Gasteiger partial charge in [-0.05, 0) is 30.5 Å². The van der Waals surface area contributed by atoms with E-state index >= 15 is 0 Å². The van der Waals surface area contributed by atoms with E-state index in [9.17, 15) is 4.79 Å². The van der Waals surface area contributed by atoms with Crippen molar-refractivity contribution in [2.24, 2.45) is 0 Å². The van der Waals surface area contributed by atoms with Crippen LogP contribution in [0.4, 0.5) is 0 Å². The van der Waals surface area contributed by atoms with E-state index in [4.69, 9.17) is 11.6 Å². The second kappa shape index (κ2) is 7.61. The zero-order valence-electron chi connectivity index (χ0n) is 11.1. The van der Waals surface area contributed by atoms with Crippen molar-refractivity contribution >= 4 is 40.2 Å². The summed E-state index contributed by atoms with van der Waals surface area (Å²) in [5.41, 5.74) is 1.31. The number of rotatable bonds is 4. The van der Waals surface area contributed by atoms with Gasteiger partial charge in [-0.25, -0.2) is 0 Å². The fraction of sp³-hybridized carbons (Fsp3) is 0.533. The van der Waals surface area contributed by atoms with Gasteiger partial charge < -0.3 is 0 Å². The summed E-state index contributed by atoms with van der Waals surface area (Å²) in [6.45, 7) is 1.68. The molecule has 0 radical (unpaired) electrons. The van der Waals surface area contributed by atoms with Gasteiger partial charge in [0, 0.05) is 28.2 Å². The van der Waals surface area contributed by atoms with E-state index in [0.29, 0.717) is 10.5 Å². The minimum absolute atomic E-state index is 0.254. The number of benzene rings is 1. The van der Waals surface area contributed by atoms with E-state index < -0.39 is 0 Å². The van der Waals surface area contributed by atoms with Crippen LogP contribution >= 0.6 is 35.1 Å². The minimum Gasteiger partial charge on any atom is -0.288 e. The summed E-state index contributed by atoms with van der Waals surface area (Å²) in [4.78, 5) is 11.3. The van der Waals surface area contributed by atoms with Gasteiger partial charge in [-0.2, -0.15) is 11.8 Å². The predicted octanol–water partition coefficient (Wildman–Crippen LogP) is 5.16. The van der Waals surface area contributed by atoms with Gasteiger partial charge in [0.15, 0.2) is 5.12 Å². The molecule has 0 N–H and O–H groups in total. The maximum absolute atomic E-state index is 11.3. The topological polar surface area (TPSA) is 17.1 Å². The van der Waals surface area contributed by atoms with E-state index in [1.54, 1.807) is 18.7 Å². The second-order valence-corrected chi connectivity index (χ2v) is 7.99. The molecule has 0 aliphatic heterocycles. The average molecular weight is 315 g/mol. The Morgan fingerprint density at radius 3 is 2.47 bits per heavy atom. The van der Waals surface area contributed by atoms with Gasteiger partial charge in [0.1, 0.15) is 0 Å². The smallest absolute Gasteiger partial charge is 0.186 e. The average Bonchev–Trinajstić information content (AvgIpc) is 2.39. The Labute approximate surface area is 128 Å². The maximum atomic E-state index is 11.3. The van der Waals surface area contributed by atoms with Crippen molar-refractivity contribution in [3.05, 3.63) is 34.9 Å². The molecule has 1 aliphatic carbocycles. The summed E-state index contributed by atoms with van der Waals surface area (Å²) in [5.74, 6) is 1.01. The Balaban J connectivity index is 1.88. The van der Waals surface area contributed by atoms with Crippen LogP contribution in [0.1, 0.15) is 38.2 Å². The zero-order valence-corrected chi connectivity index (χ0v) is 13.5. The molecule has 0 bridgehead atoms. The van der Waals surface area contributed by atoms with Crippen molar-refractivity contribution in [2.75, 3.05) is 0 Å². The molecule has 4 heteroatoms. The van der Waals surface area contributed by atoms with Crippen molar-refractivity contribution in [1.29, 1.82) is 0 Å². The Hall–Kier alpha value is -0.120. The number of thioether (sulfide) groups is 2. The lowest BCUT2D eigenvalue weighted by atomic mass is 10.00. The third-order valence-electron chi connectivity index (χ3n) is 3.34. The molecule has 19 heavy (non-hydrogen) atoms. The van der Waals surface area contributed by atoms with E-state index in [1.807, 2.05) is 23.9 Å². The molecule has 2 rings (SSSR count). The molecule has 1 aromatic carbocycles. The first-order chi connectivity index (χ1) is 9.15. The van der Waals surface area contributed by atoms with Crippen LogP contribution in [0.5, 0.6) is 0 Å². The fourth-order valence-electron chi connectivity index (χ4n) is 2.39. The molecule has 0 heterocycles.